The minimum atomic E-state index is -1.03. The Morgan fingerprint density at radius 2 is 2.42 bits per heavy atom. The lowest BCUT2D eigenvalue weighted by Crippen LogP contribution is -2.45. The van der Waals surface area contributed by atoms with E-state index in [9.17, 15) is 4.79 Å². The highest BCUT2D eigenvalue weighted by atomic mass is 16.4. The molecule has 0 bridgehead atoms. The highest BCUT2D eigenvalue weighted by molar-refractivity contribution is 5.84. The summed E-state index contributed by atoms with van der Waals surface area (Å²) in [6.07, 6.45) is 3.93. The van der Waals surface area contributed by atoms with Crippen LogP contribution in [0.5, 0.6) is 0 Å². The fourth-order valence-electron chi connectivity index (χ4n) is 2.45. The zero-order valence-electron chi connectivity index (χ0n) is 11.5. The first-order valence-electron chi connectivity index (χ1n) is 6.58. The summed E-state index contributed by atoms with van der Waals surface area (Å²) in [6.45, 7) is 3.78. The van der Waals surface area contributed by atoms with Crippen molar-refractivity contribution in [2.45, 2.75) is 25.4 Å². The zero-order valence-corrected chi connectivity index (χ0v) is 11.5. The average Bonchev–Trinajstić information content (AvgIpc) is 2.85. The number of aromatic carboxylic acids is 1. The Bertz CT molecular complexity index is 434. The van der Waals surface area contributed by atoms with Crippen molar-refractivity contribution in [1.29, 1.82) is 0 Å². The molecule has 1 saturated heterocycles. The van der Waals surface area contributed by atoms with Crippen LogP contribution < -0.4 is 0 Å². The van der Waals surface area contributed by atoms with Crippen molar-refractivity contribution < 1.29 is 9.90 Å². The second-order valence-electron chi connectivity index (χ2n) is 5.21. The number of likely N-dealkylation sites (tertiary alicyclic amines) is 1. The van der Waals surface area contributed by atoms with Crippen LogP contribution in [0.15, 0.2) is 6.20 Å². The van der Waals surface area contributed by atoms with E-state index >= 15 is 0 Å². The summed E-state index contributed by atoms with van der Waals surface area (Å²) in [4.78, 5) is 15.4. The van der Waals surface area contributed by atoms with E-state index in [1.54, 1.807) is 4.68 Å². The standard InChI is InChI=1S/C12H21N5O2/c1-15-5-3-4-10(8-15)16(2)6-7-17-9-11(12(18)19)13-14-17/h9-10H,3-8H2,1-2H3,(H,18,19). The topological polar surface area (TPSA) is 74.5 Å². The van der Waals surface area contributed by atoms with Gasteiger partial charge in [0, 0.05) is 19.1 Å². The minimum Gasteiger partial charge on any atom is -0.476 e. The summed E-state index contributed by atoms with van der Waals surface area (Å²) in [5.41, 5.74) is 0.0000489. The van der Waals surface area contributed by atoms with E-state index < -0.39 is 5.97 Å². The molecule has 0 saturated carbocycles. The van der Waals surface area contributed by atoms with Gasteiger partial charge in [0.15, 0.2) is 5.69 Å². The van der Waals surface area contributed by atoms with Gasteiger partial charge in [-0.15, -0.1) is 5.10 Å². The van der Waals surface area contributed by atoms with Crippen LogP contribution in [0, 0.1) is 0 Å². The van der Waals surface area contributed by atoms with Gasteiger partial charge < -0.3 is 14.9 Å². The maximum absolute atomic E-state index is 10.7. The number of piperidine rings is 1. The molecule has 0 aliphatic carbocycles. The fraction of sp³-hybridized carbons (Fsp3) is 0.750. The highest BCUT2D eigenvalue weighted by Gasteiger charge is 2.20. The van der Waals surface area contributed by atoms with Crippen LogP contribution in [0.4, 0.5) is 0 Å². The number of hydrogen-bond acceptors (Lipinski definition) is 5. The first kappa shape index (κ1) is 14.0. The molecular weight excluding hydrogens is 246 g/mol. The molecule has 1 fully saturated rings. The fourth-order valence-corrected chi connectivity index (χ4v) is 2.45. The molecule has 7 nitrogen and oxygen atoms in total. The molecule has 1 N–H and O–H groups in total. The van der Waals surface area contributed by atoms with Crippen molar-refractivity contribution in [2.75, 3.05) is 33.7 Å². The van der Waals surface area contributed by atoms with Crippen LogP contribution in [0.2, 0.25) is 0 Å². The Labute approximate surface area is 112 Å². The van der Waals surface area contributed by atoms with E-state index in [2.05, 4.69) is 34.2 Å². The van der Waals surface area contributed by atoms with Gasteiger partial charge in [-0.2, -0.15) is 0 Å². The molecule has 7 heteroatoms. The SMILES string of the molecule is CN1CCCC(N(C)CCn2cc(C(=O)O)nn2)C1. The van der Waals surface area contributed by atoms with Crippen molar-refractivity contribution >= 4 is 5.97 Å². The predicted molar refractivity (Wildman–Crippen MR) is 70.1 cm³/mol. The molecule has 1 aromatic rings. The first-order valence-corrected chi connectivity index (χ1v) is 6.58. The van der Waals surface area contributed by atoms with Crippen molar-refractivity contribution in [2.24, 2.45) is 0 Å². The Morgan fingerprint density at radius 1 is 1.63 bits per heavy atom. The van der Waals surface area contributed by atoms with E-state index in [1.807, 2.05) is 0 Å². The van der Waals surface area contributed by atoms with Crippen molar-refractivity contribution in [1.82, 2.24) is 24.8 Å². The van der Waals surface area contributed by atoms with Gasteiger partial charge in [0.05, 0.1) is 12.7 Å². The molecular formula is C12H21N5O2. The molecule has 0 amide bonds. The molecule has 1 aromatic heterocycles. The lowest BCUT2D eigenvalue weighted by atomic mass is 10.1. The Balaban J connectivity index is 1.82. The van der Waals surface area contributed by atoms with E-state index in [0.717, 1.165) is 13.1 Å². The third-order valence-corrected chi connectivity index (χ3v) is 3.66. The predicted octanol–water partition coefficient (Wildman–Crippen LogP) is 0.00230. The van der Waals surface area contributed by atoms with Crippen molar-refractivity contribution in [3.05, 3.63) is 11.9 Å². The third kappa shape index (κ3) is 3.74. The molecule has 1 aliphatic heterocycles. The Kier molecular flexibility index (Phi) is 4.49. The third-order valence-electron chi connectivity index (χ3n) is 3.66. The second kappa shape index (κ2) is 6.12. The molecule has 1 unspecified atom stereocenters. The van der Waals surface area contributed by atoms with Crippen LogP contribution >= 0.6 is 0 Å². The van der Waals surface area contributed by atoms with Crippen LogP contribution in [0.3, 0.4) is 0 Å². The average molecular weight is 267 g/mol. The minimum absolute atomic E-state index is 0.0000489. The van der Waals surface area contributed by atoms with Crippen LogP contribution in [0.1, 0.15) is 23.3 Å². The Hall–Kier alpha value is -1.47. The van der Waals surface area contributed by atoms with Gasteiger partial charge in [-0.25, -0.2) is 4.79 Å². The molecule has 0 radical (unpaired) electrons. The van der Waals surface area contributed by atoms with Gasteiger partial charge in [0.2, 0.25) is 0 Å². The van der Waals surface area contributed by atoms with Gasteiger partial charge in [-0.1, -0.05) is 5.21 Å². The number of carbonyl (C=O) groups is 1. The molecule has 19 heavy (non-hydrogen) atoms. The number of aromatic nitrogens is 3. The number of nitrogens with zero attached hydrogens (tertiary/aromatic N) is 5. The van der Waals surface area contributed by atoms with Crippen LogP contribution in [-0.2, 0) is 6.54 Å². The summed E-state index contributed by atoms with van der Waals surface area (Å²) in [6, 6.07) is 0.571. The lowest BCUT2D eigenvalue weighted by Gasteiger charge is -2.35. The molecule has 106 valence electrons. The second-order valence-corrected chi connectivity index (χ2v) is 5.21. The molecule has 2 rings (SSSR count). The van der Waals surface area contributed by atoms with Crippen LogP contribution in [0.25, 0.3) is 0 Å². The van der Waals surface area contributed by atoms with Gasteiger partial charge in [0.1, 0.15) is 0 Å². The first-order chi connectivity index (χ1) is 9.06. The van der Waals surface area contributed by atoms with Crippen molar-refractivity contribution in [3.63, 3.8) is 0 Å². The summed E-state index contributed by atoms with van der Waals surface area (Å²) in [5, 5.41) is 16.2. The van der Waals surface area contributed by atoms with Gasteiger partial charge in [-0.3, -0.25) is 4.68 Å². The normalized spacial score (nSPS) is 20.9. The van der Waals surface area contributed by atoms with Crippen molar-refractivity contribution in [3.8, 4) is 0 Å². The smallest absolute Gasteiger partial charge is 0.358 e. The number of hydrogen-bond donors (Lipinski definition) is 1. The zero-order chi connectivity index (χ0) is 13.8. The van der Waals surface area contributed by atoms with Crippen LogP contribution in [-0.4, -0.2) is 75.6 Å². The summed E-state index contributed by atoms with van der Waals surface area (Å²) in [5.74, 6) is -1.03. The van der Waals surface area contributed by atoms with E-state index in [0.29, 0.717) is 12.6 Å². The highest BCUT2D eigenvalue weighted by Crippen LogP contribution is 2.13. The largest absolute Gasteiger partial charge is 0.476 e. The summed E-state index contributed by atoms with van der Waals surface area (Å²) >= 11 is 0. The van der Waals surface area contributed by atoms with E-state index in [1.165, 1.54) is 25.6 Å². The lowest BCUT2D eigenvalue weighted by molar-refractivity contribution is 0.0690. The van der Waals surface area contributed by atoms with Gasteiger partial charge in [0.25, 0.3) is 0 Å². The maximum Gasteiger partial charge on any atom is 0.358 e. The quantitative estimate of drug-likeness (QED) is 0.809. The van der Waals surface area contributed by atoms with Gasteiger partial charge >= 0.3 is 5.97 Å². The monoisotopic (exact) mass is 267 g/mol. The number of carboxylic acids is 1. The van der Waals surface area contributed by atoms with E-state index in [-0.39, 0.29) is 5.69 Å². The summed E-state index contributed by atoms with van der Waals surface area (Å²) in [7, 11) is 4.26. The van der Waals surface area contributed by atoms with E-state index in [4.69, 9.17) is 5.11 Å². The molecule has 2 heterocycles. The van der Waals surface area contributed by atoms with Gasteiger partial charge in [-0.05, 0) is 33.5 Å². The molecule has 0 spiro atoms. The molecule has 1 aliphatic rings. The number of likely N-dealkylation sites (N-methyl/N-ethyl adjacent to an activating group) is 2. The Morgan fingerprint density at radius 3 is 3.05 bits per heavy atom. The summed E-state index contributed by atoms with van der Waals surface area (Å²) < 4.78 is 1.59. The maximum atomic E-state index is 10.7. The molecule has 1 atom stereocenters. The molecule has 0 aromatic carbocycles. The number of rotatable bonds is 5. The number of carboxylic acid groups (broad SMARTS) is 1.